The summed E-state index contributed by atoms with van der Waals surface area (Å²) in [5, 5.41) is 0. The highest BCUT2D eigenvalue weighted by atomic mass is 16.2. The van der Waals surface area contributed by atoms with Crippen molar-refractivity contribution in [1.29, 1.82) is 0 Å². The maximum Gasteiger partial charge on any atom is 0.256 e. The SMILES string of the molecule is Cc1cc(C)c2c(n1)CN(C(=O)c1cccnc1)C2. The molecular formula is C15H15N3O. The predicted molar refractivity (Wildman–Crippen MR) is 71.5 cm³/mol. The standard InChI is InChI=1S/C15H15N3O/c1-10-6-11(2)17-14-9-18(8-13(10)14)15(19)12-4-3-5-16-7-12/h3-7H,8-9H2,1-2H3. The Morgan fingerprint density at radius 2 is 2.16 bits per heavy atom. The lowest BCUT2D eigenvalue weighted by Gasteiger charge is -2.14. The number of hydrogen-bond acceptors (Lipinski definition) is 3. The first-order chi connectivity index (χ1) is 9.15. The molecule has 1 aliphatic rings. The van der Waals surface area contributed by atoms with Gasteiger partial charge >= 0.3 is 0 Å². The molecule has 1 aliphatic heterocycles. The molecule has 19 heavy (non-hydrogen) atoms. The van der Waals surface area contributed by atoms with Crippen LogP contribution < -0.4 is 0 Å². The van der Waals surface area contributed by atoms with E-state index in [2.05, 4.69) is 23.0 Å². The lowest BCUT2D eigenvalue weighted by Crippen LogP contribution is -2.25. The molecular weight excluding hydrogens is 238 g/mol. The Morgan fingerprint density at radius 3 is 2.89 bits per heavy atom. The second kappa shape index (κ2) is 4.46. The summed E-state index contributed by atoms with van der Waals surface area (Å²) in [5.41, 5.74) is 5.05. The van der Waals surface area contributed by atoms with E-state index >= 15 is 0 Å². The molecule has 0 N–H and O–H groups in total. The molecule has 2 aromatic heterocycles. The Kier molecular flexibility index (Phi) is 2.78. The monoisotopic (exact) mass is 253 g/mol. The smallest absolute Gasteiger partial charge is 0.256 e. The molecule has 0 atom stereocenters. The number of carbonyl (C=O) groups is 1. The number of fused-ring (bicyclic) bond motifs is 1. The Hall–Kier alpha value is -2.23. The van der Waals surface area contributed by atoms with Gasteiger partial charge in [-0.05, 0) is 43.2 Å². The van der Waals surface area contributed by atoms with Crippen molar-refractivity contribution in [3.05, 3.63) is 58.7 Å². The van der Waals surface area contributed by atoms with Crippen molar-refractivity contribution in [1.82, 2.24) is 14.9 Å². The number of rotatable bonds is 1. The molecule has 2 aromatic rings. The van der Waals surface area contributed by atoms with Crippen molar-refractivity contribution in [3.8, 4) is 0 Å². The summed E-state index contributed by atoms with van der Waals surface area (Å²) < 4.78 is 0. The van der Waals surface area contributed by atoms with Gasteiger partial charge in [0.05, 0.1) is 17.8 Å². The van der Waals surface area contributed by atoms with E-state index in [-0.39, 0.29) is 5.91 Å². The zero-order valence-electron chi connectivity index (χ0n) is 11.1. The number of hydrogen-bond donors (Lipinski definition) is 0. The minimum absolute atomic E-state index is 0.0168. The first-order valence-electron chi connectivity index (χ1n) is 6.30. The molecule has 96 valence electrons. The molecule has 0 unspecified atom stereocenters. The zero-order valence-corrected chi connectivity index (χ0v) is 11.1. The number of pyridine rings is 2. The van der Waals surface area contributed by atoms with E-state index in [1.54, 1.807) is 24.5 Å². The van der Waals surface area contributed by atoms with Crippen LogP contribution in [0, 0.1) is 13.8 Å². The van der Waals surface area contributed by atoms with Crippen LogP contribution in [0.25, 0.3) is 0 Å². The quantitative estimate of drug-likeness (QED) is 0.783. The number of aromatic nitrogens is 2. The van der Waals surface area contributed by atoms with Crippen LogP contribution in [0.2, 0.25) is 0 Å². The van der Waals surface area contributed by atoms with E-state index in [0.717, 1.165) is 11.4 Å². The Bertz CT molecular complexity index is 637. The molecule has 0 spiro atoms. The van der Waals surface area contributed by atoms with Crippen molar-refractivity contribution in [2.45, 2.75) is 26.9 Å². The van der Waals surface area contributed by atoms with Crippen LogP contribution in [0.3, 0.4) is 0 Å². The molecule has 0 bridgehead atoms. The topological polar surface area (TPSA) is 46.1 Å². The van der Waals surface area contributed by atoms with Crippen LogP contribution in [0.5, 0.6) is 0 Å². The van der Waals surface area contributed by atoms with Gasteiger partial charge in [-0.15, -0.1) is 0 Å². The van der Waals surface area contributed by atoms with E-state index in [1.165, 1.54) is 11.1 Å². The third-order valence-corrected chi connectivity index (χ3v) is 3.45. The van der Waals surface area contributed by atoms with Crippen LogP contribution in [-0.2, 0) is 13.1 Å². The highest BCUT2D eigenvalue weighted by molar-refractivity contribution is 5.94. The Morgan fingerprint density at radius 1 is 1.32 bits per heavy atom. The maximum atomic E-state index is 12.4. The van der Waals surface area contributed by atoms with Crippen molar-refractivity contribution in [2.75, 3.05) is 0 Å². The van der Waals surface area contributed by atoms with Gasteiger partial charge in [-0.25, -0.2) is 0 Å². The fourth-order valence-corrected chi connectivity index (χ4v) is 2.53. The Balaban J connectivity index is 1.88. The molecule has 0 aromatic carbocycles. The highest BCUT2D eigenvalue weighted by Gasteiger charge is 2.26. The van der Waals surface area contributed by atoms with Crippen molar-refractivity contribution in [2.24, 2.45) is 0 Å². The number of aryl methyl sites for hydroxylation is 2. The largest absolute Gasteiger partial charge is 0.328 e. The minimum atomic E-state index is 0.0168. The van der Waals surface area contributed by atoms with E-state index in [4.69, 9.17) is 0 Å². The van der Waals surface area contributed by atoms with Crippen LogP contribution in [0.1, 0.15) is 32.9 Å². The summed E-state index contributed by atoms with van der Waals surface area (Å²) in [6, 6.07) is 5.64. The lowest BCUT2D eigenvalue weighted by molar-refractivity contribution is 0.0750. The summed E-state index contributed by atoms with van der Waals surface area (Å²) in [4.78, 5) is 22.7. The van der Waals surface area contributed by atoms with Crippen molar-refractivity contribution >= 4 is 5.91 Å². The number of carbonyl (C=O) groups excluding carboxylic acids is 1. The highest BCUT2D eigenvalue weighted by Crippen LogP contribution is 2.25. The predicted octanol–water partition coefficient (Wildman–Crippen LogP) is 2.25. The fraction of sp³-hybridized carbons (Fsp3) is 0.267. The Labute approximate surface area is 112 Å². The third-order valence-electron chi connectivity index (χ3n) is 3.45. The zero-order chi connectivity index (χ0) is 13.4. The molecule has 0 saturated heterocycles. The van der Waals surface area contributed by atoms with Gasteiger partial charge in [0, 0.05) is 24.6 Å². The molecule has 3 rings (SSSR count). The second-order valence-corrected chi connectivity index (χ2v) is 4.91. The van der Waals surface area contributed by atoms with Gasteiger partial charge in [-0.2, -0.15) is 0 Å². The first-order valence-corrected chi connectivity index (χ1v) is 6.30. The van der Waals surface area contributed by atoms with Crippen molar-refractivity contribution < 1.29 is 4.79 Å². The van der Waals surface area contributed by atoms with Crippen molar-refractivity contribution in [3.63, 3.8) is 0 Å². The van der Waals surface area contributed by atoms with Gasteiger partial charge in [-0.3, -0.25) is 14.8 Å². The van der Waals surface area contributed by atoms with E-state index in [9.17, 15) is 4.79 Å². The van der Waals surface area contributed by atoms with E-state index < -0.39 is 0 Å². The molecule has 1 amide bonds. The van der Waals surface area contributed by atoms with Gasteiger partial charge in [0.1, 0.15) is 0 Å². The summed E-state index contributed by atoms with van der Waals surface area (Å²) in [6.45, 7) is 5.29. The first kappa shape index (κ1) is 11.8. The van der Waals surface area contributed by atoms with Gasteiger partial charge in [0.25, 0.3) is 5.91 Å². The molecule has 4 heteroatoms. The summed E-state index contributed by atoms with van der Waals surface area (Å²) in [7, 11) is 0. The van der Waals surface area contributed by atoms with E-state index in [0.29, 0.717) is 18.7 Å². The average molecular weight is 253 g/mol. The van der Waals surface area contributed by atoms with Crippen LogP contribution in [0.4, 0.5) is 0 Å². The van der Waals surface area contributed by atoms with E-state index in [1.807, 2.05) is 11.8 Å². The van der Waals surface area contributed by atoms with Crippen LogP contribution in [0.15, 0.2) is 30.6 Å². The van der Waals surface area contributed by atoms with Gasteiger partial charge in [-0.1, -0.05) is 0 Å². The van der Waals surface area contributed by atoms with Gasteiger partial charge < -0.3 is 4.90 Å². The lowest BCUT2D eigenvalue weighted by atomic mass is 10.1. The fourth-order valence-electron chi connectivity index (χ4n) is 2.53. The molecule has 4 nitrogen and oxygen atoms in total. The number of nitrogens with zero attached hydrogens (tertiary/aromatic N) is 3. The summed E-state index contributed by atoms with van der Waals surface area (Å²) >= 11 is 0. The summed E-state index contributed by atoms with van der Waals surface area (Å²) in [5.74, 6) is 0.0168. The molecule has 0 saturated carbocycles. The van der Waals surface area contributed by atoms with Crippen LogP contribution >= 0.6 is 0 Å². The second-order valence-electron chi connectivity index (χ2n) is 4.91. The van der Waals surface area contributed by atoms with Gasteiger partial charge in [0.2, 0.25) is 0 Å². The third kappa shape index (κ3) is 2.10. The van der Waals surface area contributed by atoms with Crippen LogP contribution in [-0.4, -0.2) is 20.8 Å². The molecule has 3 heterocycles. The minimum Gasteiger partial charge on any atom is -0.328 e. The normalized spacial score (nSPS) is 13.5. The van der Waals surface area contributed by atoms with Gasteiger partial charge in [0.15, 0.2) is 0 Å². The molecule has 0 radical (unpaired) electrons. The molecule has 0 aliphatic carbocycles. The number of amides is 1. The average Bonchev–Trinajstić information content (AvgIpc) is 2.83. The summed E-state index contributed by atoms with van der Waals surface area (Å²) in [6.07, 6.45) is 3.28. The maximum absolute atomic E-state index is 12.4. The molecule has 0 fully saturated rings.